The number of hydrogen-bond donors (Lipinski definition) is 0. The van der Waals surface area contributed by atoms with Crippen molar-refractivity contribution in [1.82, 2.24) is 15.0 Å². The van der Waals surface area contributed by atoms with E-state index in [1.165, 1.54) is 27.1 Å². The number of benzene rings is 10. The van der Waals surface area contributed by atoms with Crippen LogP contribution in [0.25, 0.3) is 111 Å². The zero-order valence-corrected chi connectivity index (χ0v) is 34.7. The number of nitriles is 1. The van der Waals surface area contributed by atoms with Crippen LogP contribution in [0.4, 0.5) is 0 Å². The predicted molar refractivity (Wildman–Crippen MR) is 263 cm³/mol. The number of aromatic nitrogens is 3. The first-order chi connectivity index (χ1) is 31.7. The number of hydrogen-bond acceptors (Lipinski definition) is 4. The van der Waals surface area contributed by atoms with E-state index in [-0.39, 0.29) is 0 Å². The molecule has 0 bridgehead atoms. The van der Waals surface area contributed by atoms with Crippen LogP contribution < -0.4 is 0 Å². The molecule has 0 atom stereocenters. The average molecular weight is 815 g/mol. The fourth-order valence-electron chi connectivity index (χ4n) is 8.90. The highest BCUT2D eigenvalue weighted by atomic mass is 15.0. The molecular formula is C60H38N4. The van der Waals surface area contributed by atoms with Gasteiger partial charge in [-0.25, -0.2) is 15.0 Å². The Hall–Kier alpha value is -8.78. The van der Waals surface area contributed by atoms with Crippen LogP contribution in [0, 0.1) is 11.3 Å². The van der Waals surface area contributed by atoms with Gasteiger partial charge in [-0.2, -0.15) is 5.26 Å². The quantitative estimate of drug-likeness (QED) is 0.143. The third kappa shape index (κ3) is 7.18. The van der Waals surface area contributed by atoms with E-state index in [0.29, 0.717) is 23.0 Å². The monoisotopic (exact) mass is 814 g/mol. The fraction of sp³-hybridized carbons (Fsp3) is 0. The predicted octanol–water partition coefficient (Wildman–Crippen LogP) is 15.4. The molecular weight excluding hydrogens is 777 g/mol. The van der Waals surface area contributed by atoms with E-state index in [1.54, 1.807) is 0 Å². The standard InChI is InChI=1S/C60H38N4/c61-39-48-36-43(42-22-15-24-45(35-42)57-38-46-21-7-8-27-51(46)54-30-12-13-31-55(54)57)33-34-52(48)53-29-11-9-28-50(53)44-23-16-25-47(37-44)59-62-58(41-19-5-2-6-20-41)63-60(64-59)56-32-14-10-26-49(56)40-17-3-1-4-18-40/h1-38H. The van der Waals surface area contributed by atoms with Gasteiger partial charge in [0, 0.05) is 22.3 Å². The largest absolute Gasteiger partial charge is 0.208 e. The number of rotatable bonds is 8. The Balaban J connectivity index is 0.977. The van der Waals surface area contributed by atoms with Gasteiger partial charge in [0.2, 0.25) is 0 Å². The maximum atomic E-state index is 10.7. The van der Waals surface area contributed by atoms with Crippen molar-refractivity contribution in [2.24, 2.45) is 0 Å². The van der Waals surface area contributed by atoms with E-state index < -0.39 is 0 Å². The Kier molecular flexibility index (Phi) is 9.89. The molecule has 0 N–H and O–H groups in total. The van der Waals surface area contributed by atoms with Gasteiger partial charge in [-0.3, -0.25) is 0 Å². The minimum Gasteiger partial charge on any atom is -0.208 e. The molecule has 64 heavy (non-hydrogen) atoms. The molecule has 298 valence electrons. The zero-order valence-electron chi connectivity index (χ0n) is 34.7. The number of fused-ring (bicyclic) bond motifs is 3. The highest BCUT2D eigenvalue weighted by Gasteiger charge is 2.18. The van der Waals surface area contributed by atoms with Crippen molar-refractivity contribution in [1.29, 1.82) is 5.26 Å². The van der Waals surface area contributed by atoms with Crippen molar-refractivity contribution in [3.63, 3.8) is 0 Å². The Bertz CT molecular complexity index is 3570. The minimum absolute atomic E-state index is 0.576. The molecule has 4 heteroatoms. The van der Waals surface area contributed by atoms with Gasteiger partial charge >= 0.3 is 0 Å². The van der Waals surface area contributed by atoms with Gasteiger partial charge in [-0.05, 0) is 95.9 Å². The lowest BCUT2D eigenvalue weighted by atomic mass is 9.89. The molecule has 0 saturated heterocycles. The maximum Gasteiger partial charge on any atom is 0.164 e. The molecule has 0 saturated carbocycles. The molecule has 1 aromatic heterocycles. The second kappa shape index (κ2) is 16.6. The highest BCUT2D eigenvalue weighted by Crippen LogP contribution is 2.40. The molecule has 0 spiro atoms. The molecule has 10 aromatic carbocycles. The minimum atomic E-state index is 0.576. The smallest absolute Gasteiger partial charge is 0.164 e. The van der Waals surface area contributed by atoms with Gasteiger partial charge in [0.1, 0.15) is 0 Å². The Morgan fingerprint density at radius 2 is 0.750 bits per heavy atom. The number of nitrogens with zero attached hydrogens (tertiary/aromatic N) is 4. The van der Waals surface area contributed by atoms with E-state index in [2.05, 4.69) is 146 Å². The van der Waals surface area contributed by atoms with Crippen molar-refractivity contribution in [3.8, 4) is 95.9 Å². The Morgan fingerprint density at radius 1 is 0.266 bits per heavy atom. The van der Waals surface area contributed by atoms with Gasteiger partial charge < -0.3 is 0 Å². The van der Waals surface area contributed by atoms with Gasteiger partial charge in [0.25, 0.3) is 0 Å². The van der Waals surface area contributed by atoms with Crippen LogP contribution >= 0.6 is 0 Å². The van der Waals surface area contributed by atoms with Crippen LogP contribution in [0.5, 0.6) is 0 Å². The van der Waals surface area contributed by atoms with E-state index >= 15 is 0 Å². The van der Waals surface area contributed by atoms with Gasteiger partial charge in [-0.15, -0.1) is 0 Å². The normalized spacial score (nSPS) is 11.1. The zero-order chi connectivity index (χ0) is 42.8. The summed E-state index contributed by atoms with van der Waals surface area (Å²) in [6.07, 6.45) is 0. The molecule has 0 unspecified atom stereocenters. The topological polar surface area (TPSA) is 62.5 Å². The van der Waals surface area contributed by atoms with Crippen molar-refractivity contribution in [2.45, 2.75) is 0 Å². The van der Waals surface area contributed by atoms with E-state index in [9.17, 15) is 5.26 Å². The fourth-order valence-corrected chi connectivity index (χ4v) is 8.90. The summed E-state index contributed by atoms with van der Waals surface area (Å²) in [6.45, 7) is 0. The third-order valence-corrected chi connectivity index (χ3v) is 12.0. The van der Waals surface area contributed by atoms with Crippen molar-refractivity contribution >= 4 is 21.5 Å². The summed E-state index contributed by atoms with van der Waals surface area (Å²) in [4.78, 5) is 15.3. The summed E-state index contributed by atoms with van der Waals surface area (Å²) in [5.74, 6) is 1.78. The first kappa shape index (κ1) is 38.2. The van der Waals surface area contributed by atoms with Crippen LogP contribution in [0.2, 0.25) is 0 Å². The molecule has 11 rings (SSSR count). The van der Waals surface area contributed by atoms with E-state index in [1.807, 2.05) is 91.0 Å². The average Bonchev–Trinajstić information content (AvgIpc) is 3.38. The molecule has 4 nitrogen and oxygen atoms in total. The molecule has 0 aliphatic heterocycles. The van der Waals surface area contributed by atoms with Gasteiger partial charge in [-0.1, -0.05) is 206 Å². The van der Waals surface area contributed by atoms with E-state index in [4.69, 9.17) is 15.0 Å². The molecule has 0 aliphatic rings. The van der Waals surface area contributed by atoms with Crippen LogP contribution in [0.3, 0.4) is 0 Å². The highest BCUT2D eigenvalue weighted by molar-refractivity contribution is 6.14. The summed E-state index contributed by atoms with van der Waals surface area (Å²) in [7, 11) is 0. The molecule has 1 heterocycles. The van der Waals surface area contributed by atoms with E-state index in [0.717, 1.165) is 66.8 Å². The van der Waals surface area contributed by atoms with Gasteiger partial charge in [0.05, 0.1) is 11.6 Å². The van der Waals surface area contributed by atoms with Crippen molar-refractivity contribution < 1.29 is 0 Å². The summed E-state index contributed by atoms with van der Waals surface area (Å²) < 4.78 is 0. The molecule has 0 radical (unpaired) electrons. The molecule has 0 fully saturated rings. The maximum absolute atomic E-state index is 10.7. The van der Waals surface area contributed by atoms with Crippen LogP contribution in [0.1, 0.15) is 5.56 Å². The van der Waals surface area contributed by atoms with Crippen LogP contribution in [-0.2, 0) is 0 Å². The summed E-state index contributed by atoms with van der Waals surface area (Å²) in [5, 5.41) is 15.6. The molecule has 11 aromatic rings. The first-order valence-corrected chi connectivity index (χ1v) is 21.4. The van der Waals surface area contributed by atoms with Crippen LogP contribution in [-0.4, -0.2) is 15.0 Å². The second-order valence-corrected chi connectivity index (χ2v) is 15.9. The molecule has 0 amide bonds. The Labute approximate surface area is 372 Å². The van der Waals surface area contributed by atoms with Crippen LogP contribution in [0.15, 0.2) is 231 Å². The summed E-state index contributed by atoms with van der Waals surface area (Å²) in [5.41, 5.74) is 13.6. The van der Waals surface area contributed by atoms with Gasteiger partial charge in [0.15, 0.2) is 17.5 Å². The Morgan fingerprint density at radius 3 is 1.48 bits per heavy atom. The lowest BCUT2D eigenvalue weighted by Crippen LogP contribution is -2.01. The summed E-state index contributed by atoms with van der Waals surface area (Å²) >= 11 is 0. The third-order valence-electron chi connectivity index (χ3n) is 12.0. The van der Waals surface area contributed by atoms with Crippen molar-refractivity contribution in [2.75, 3.05) is 0 Å². The first-order valence-electron chi connectivity index (χ1n) is 21.4. The SMILES string of the molecule is N#Cc1cc(-c2cccc(-c3cc4ccccc4c4ccccc34)c2)ccc1-c1ccccc1-c1cccc(-c2nc(-c3ccccc3)nc(-c3ccccc3-c3ccccc3)n2)c1. The second-order valence-electron chi connectivity index (χ2n) is 15.9. The molecule has 0 aliphatic carbocycles. The van der Waals surface area contributed by atoms with Crippen molar-refractivity contribution in [3.05, 3.63) is 236 Å². The lowest BCUT2D eigenvalue weighted by Gasteiger charge is -2.15. The summed E-state index contributed by atoms with van der Waals surface area (Å²) in [6, 6.07) is 82.2. The lowest BCUT2D eigenvalue weighted by molar-refractivity contribution is 1.07.